The number of rotatable bonds is 8. The summed E-state index contributed by atoms with van der Waals surface area (Å²) in [7, 11) is 0. The first-order valence-electron chi connectivity index (χ1n) is 8.11. The second-order valence-electron chi connectivity index (χ2n) is 5.83. The molecule has 0 aliphatic heterocycles. The second-order valence-corrected chi connectivity index (χ2v) is 5.83. The van der Waals surface area contributed by atoms with Crippen LogP contribution in [0.25, 0.3) is 10.9 Å². The Balaban J connectivity index is 1.47. The summed E-state index contributed by atoms with van der Waals surface area (Å²) >= 11 is 0. The number of aliphatic hydroxyl groups is 1. The number of benzene rings is 2. The van der Waals surface area contributed by atoms with Gasteiger partial charge in [-0.15, -0.1) is 0 Å². The Labute approximate surface area is 137 Å². The lowest BCUT2D eigenvalue weighted by Crippen LogP contribution is -2.35. The lowest BCUT2D eigenvalue weighted by Gasteiger charge is -2.16. The number of para-hydroxylation sites is 1. The van der Waals surface area contributed by atoms with Gasteiger partial charge in [0.1, 0.15) is 0 Å². The minimum atomic E-state index is 0.0941. The monoisotopic (exact) mass is 307 g/mol. The van der Waals surface area contributed by atoms with E-state index >= 15 is 0 Å². The maximum Gasteiger partial charge on any atom is 0.0587 e. The van der Waals surface area contributed by atoms with Gasteiger partial charge in [-0.2, -0.15) is 0 Å². The van der Waals surface area contributed by atoms with Crippen molar-refractivity contribution in [3.05, 3.63) is 78.3 Å². The third-order valence-corrected chi connectivity index (χ3v) is 4.14. The van der Waals surface area contributed by atoms with E-state index in [1.165, 1.54) is 22.0 Å². The molecule has 3 rings (SSSR count). The van der Waals surface area contributed by atoms with Crippen LogP contribution < -0.4 is 5.32 Å². The van der Waals surface area contributed by atoms with Crippen molar-refractivity contribution < 1.29 is 5.11 Å². The van der Waals surface area contributed by atoms with Crippen molar-refractivity contribution >= 4 is 10.9 Å². The molecule has 23 heavy (non-hydrogen) atoms. The SMILES string of the molecule is OCC(Cc1ccccc1)NC[CH]Cc1c[nH]c2ccccc12. The van der Waals surface area contributed by atoms with Gasteiger partial charge in [-0.05, 0) is 43.0 Å². The number of nitrogens with one attached hydrogen (secondary N) is 2. The van der Waals surface area contributed by atoms with E-state index < -0.39 is 0 Å². The molecule has 119 valence electrons. The van der Waals surface area contributed by atoms with Gasteiger partial charge < -0.3 is 15.4 Å². The first kappa shape index (κ1) is 15.8. The molecule has 0 saturated heterocycles. The summed E-state index contributed by atoms with van der Waals surface area (Å²) in [4.78, 5) is 3.30. The predicted octanol–water partition coefficient (Wildman–Crippen LogP) is 3.11. The average molecular weight is 307 g/mol. The largest absolute Gasteiger partial charge is 0.395 e. The Kier molecular flexibility index (Phi) is 5.46. The summed E-state index contributed by atoms with van der Waals surface area (Å²) < 4.78 is 0. The van der Waals surface area contributed by atoms with Gasteiger partial charge in [0, 0.05) is 23.1 Å². The van der Waals surface area contributed by atoms with Crippen molar-refractivity contribution in [3.8, 4) is 0 Å². The minimum absolute atomic E-state index is 0.0941. The maximum atomic E-state index is 9.53. The highest BCUT2D eigenvalue weighted by atomic mass is 16.3. The van der Waals surface area contributed by atoms with Crippen molar-refractivity contribution in [1.82, 2.24) is 10.3 Å². The molecule has 0 aliphatic rings. The van der Waals surface area contributed by atoms with E-state index in [1.807, 2.05) is 24.3 Å². The third kappa shape index (κ3) is 4.21. The standard InChI is InChI=1S/C20H23N2O/c23-15-18(13-16-7-2-1-3-8-16)21-12-6-9-17-14-22-20-11-5-4-10-19(17)20/h1-8,10-11,14,18,21-23H,9,12-13,15H2. The Morgan fingerprint density at radius 3 is 2.65 bits per heavy atom. The first-order valence-corrected chi connectivity index (χ1v) is 8.11. The molecular formula is C20H23N2O. The number of fused-ring (bicyclic) bond motifs is 1. The van der Waals surface area contributed by atoms with Gasteiger partial charge in [0.05, 0.1) is 6.61 Å². The highest BCUT2D eigenvalue weighted by Crippen LogP contribution is 2.18. The minimum Gasteiger partial charge on any atom is -0.395 e. The summed E-state index contributed by atoms with van der Waals surface area (Å²) in [6.45, 7) is 0.938. The number of aromatic amines is 1. The van der Waals surface area contributed by atoms with Gasteiger partial charge in [0.15, 0.2) is 0 Å². The molecule has 3 aromatic rings. The number of hydrogen-bond acceptors (Lipinski definition) is 2. The van der Waals surface area contributed by atoms with Crippen molar-refractivity contribution in [2.45, 2.75) is 18.9 Å². The van der Waals surface area contributed by atoms with E-state index in [0.717, 1.165) is 19.4 Å². The summed E-state index contributed by atoms with van der Waals surface area (Å²) in [5.74, 6) is 0. The van der Waals surface area contributed by atoms with E-state index in [9.17, 15) is 5.11 Å². The van der Waals surface area contributed by atoms with E-state index in [0.29, 0.717) is 0 Å². The fourth-order valence-electron chi connectivity index (χ4n) is 2.88. The zero-order valence-electron chi connectivity index (χ0n) is 13.2. The maximum absolute atomic E-state index is 9.53. The van der Waals surface area contributed by atoms with Gasteiger partial charge in [-0.1, -0.05) is 48.5 Å². The summed E-state index contributed by atoms with van der Waals surface area (Å²) in [6.07, 6.45) is 6.07. The van der Waals surface area contributed by atoms with Gasteiger partial charge in [-0.3, -0.25) is 0 Å². The van der Waals surface area contributed by atoms with Crippen LogP contribution >= 0.6 is 0 Å². The fraction of sp³-hybridized carbons (Fsp3) is 0.250. The quantitative estimate of drug-likeness (QED) is 0.560. The van der Waals surface area contributed by atoms with Crippen LogP contribution in [0, 0.1) is 6.42 Å². The molecule has 0 aliphatic carbocycles. The van der Waals surface area contributed by atoms with E-state index in [2.05, 4.69) is 53.3 Å². The molecule has 3 heteroatoms. The zero-order chi connectivity index (χ0) is 15.9. The highest BCUT2D eigenvalue weighted by molar-refractivity contribution is 5.83. The molecule has 3 nitrogen and oxygen atoms in total. The Morgan fingerprint density at radius 2 is 1.83 bits per heavy atom. The molecule has 0 amide bonds. The van der Waals surface area contributed by atoms with E-state index in [4.69, 9.17) is 0 Å². The molecule has 2 aromatic carbocycles. The normalized spacial score (nSPS) is 12.6. The van der Waals surface area contributed by atoms with Crippen LogP contribution in [0.3, 0.4) is 0 Å². The van der Waals surface area contributed by atoms with Crippen molar-refractivity contribution in [1.29, 1.82) is 0 Å². The summed E-state index contributed by atoms with van der Waals surface area (Å²) in [5.41, 5.74) is 3.74. The van der Waals surface area contributed by atoms with Gasteiger partial charge in [-0.25, -0.2) is 0 Å². The molecule has 1 heterocycles. The first-order chi connectivity index (χ1) is 11.4. The number of H-pyrrole nitrogens is 1. The van der Waals surface area contributed by atoms with Crippen molar-refractivity contribution in [2.75, 3.05) is 13.2 Å². The smallest absolute Gasteiger partial charge is 0.0587 e. The summed E-state index contributed by atoms with van der Waals surface area (Å²) in [6, 6.07) is 18.7. The molecule has 1 aromatic heterocycles. The molecule has 1 atom stereocenters. The second kappa shape index (κ2) is 7.95. The van der Waals surface area contributed by atoms with Crippen LogP contribution in [0.5, 0.6) is 0 Å². The van der Waals surface area contributed by atoms with Crippen LogP contribution in [0.2, 0.25) is 0 Å². The topological polar surface area (TPSA) is 48.0 Å². The van der Waals surface area contributed by atoms with Crippen molar-refractivity contribution in [3.63, 3.8) is 0 Å². The fourth-order valence-corrected chi connectivity index (χ4v) is 2.88. The molecule has 0 fully saturated rings. The molecule has 3 N–H and O–H groups in total. The Morgan fingerprint density at radius 1 is 1.04 bits per heavy atom. The molecular weight excluding hydrogens is 284 g/mol. The van der Waals surface area contributed by atoms with Gasteiger partial charge in [0.25, 0.3) is 0 Å². The predicted molar refractivity (Wildman–Crippen MR) is 95.3 cm³/mol. The summed E-state index contributed by atoms with van der Waals surface area (Å²) in [5, 5.41) is 14.2. The molecule has 1 unspecified atom stereocenters. The van der Waals surface area contributed by atoms with E-state index in [1.54, 1.807) is 0 Å². The molecule has 0 spiro atoms. The highest BCUT2D eigenvalue weighted by Gasteiger charge is 2.08. The Bertz CT molecular complexity index is 721. The molecule has 1 radical (unpaired) electrons. The van der Waals surface area contributed by atoms with Crippen LogP contribution in [0.4, 0.5) is 0 Å². The zero-order valence-corrected chi connectivity index (χ0v) is 13.2. The molecule has 0 saturated carbocycles. The molecule has 0 bridgehead atoms. The number of hydrogen-bond donors (Lipinski definition) is 3. The average Bonchev–Trinajstić information content (AvgIpc) is 3.02. The van der Waals surface area contributed by atoms with E-state index in [-0.39, 0.29) is 12.6 Å². The van der Waals surface area contributed by atoms with Crippen LogP contribution in [0.1, 0.15) is 11.1 Å². The lowest BCUT2D eigenvalue weighted by atomic mass is 10.1. The third-order valence-electron chi connectivity index (χ3n) is 4.14. The number of aromatic nitrogens is 1. The lowest BCUT2D eigenvalue weighted by molar-refractivity contribution is 0.244. The number of aliphatic hydroxyl groups excluding tert-OH is 1. The van der Waals surface area contributed by atoms with Crippen molar-refractivity contribution in [2.24, 2.45) is 0 Å². The van der Waals surface area contributed by atoms with Crippen LogP contribution in [-0.2, 0) is 12.8 Å². The van der Waals surface area contributed by atoms with Crippen LogP contribution in [0.15, 0.2) is 60.8 Å². The van der Waals surface area contributed by atoms with Gasteiger partial charge in [0.2, 0.25) is 0 Å². The van der Waals surface area contributed by atoms with Crippen LogP contribution in [-0.4, -0.2) is 29.3 Å². The van der Waals surface area contributed by atoms with Gasteiger partial charge >= 0.3 is 0 Å². The Hall–Kier alpha value is -2.10.